The highest BCUT2D eigenvalue weighted by Gasteiger charge is 2.29. The van der Waals surface area contributed by atoms with Gasteiger partial charge in [0.05, 0.1) is 23.6 Å². The third-order valence-electron chi connectivity index (χ3n) is 5.60. The summed E-state index contributed by atoms with van der Waals surface area (Å²) >= 11 is 0. The Morgan fingerprint density at radius 2 is 2.08 bits per heavy atom. The summed E-state index contributed by atoms with van der Waals surface area (Å²) in [6.07, 6.45) is 6.67. The Labute approximate surface area is 153 Å². The van der Waals surface area contributed by atoms with Gasteiger partial charge in [0.1, 0.15) is 6.04 Å². The second-order valence-corrected chi connectivity index (χ2v) is 7.08. The molecule has 26 heavy (non-hydrogen) atoms. The fourth-order valence-electron chi connectivity index (χ4n) is 4.01. The van der Waals surface area contributed by atoms with Crippen molar-refractivity contribution in [1.29, 1.82) is 0 Å². The molecule has 4 rings (SSSR count). The van der Waals surface area contributed by atoms with Crippen LogP contribution in [-0.4, -0.2) is 43.6 Å². The fourth-order valence-corrected chi connectivity index (χ4v) is 4.01. The van der Waals surface area contributed by atoms with E-state index >= 15 is 0 Å². The number of fused-ring (bicyclic) bond motifs is 1. The van der Waals surface area contributed by atoms with E-state index in [4.69, 9.17) is 0 Å². The average Bonchev–Trinajstić information content (AvgIpc) is 3.33. The molecule has 0 radical (unpaired) electrons. The summed E-state index contributed by atoms with van der Waals surface area (Å²) in [7, 11) is 0. The van der Waals surface area contributed by atoms with E-state index in [-0.39, 0.29) is 11.9 Å². The number of hydrogen-bond donors (Lipinski definition) is 1. The van der Waals surface area contributed by atoms with Crippen molar-refractivity contribution in [2.24, 2.45) is 0 Å². The number of para-hydroxylation sites is 2. The van der Waals surface area contributed by atoms with Gasteiger partial charge in [0, 0.05) is 24.7 Å². The molecule has 1 N–H and O–H groups in total. The van der Waals surface area contributed by atoms with E-state index in [0.29, 0.717) is 5.92 Å². The molecule has 6 nitrogen and oxygen atoms in total. The number of amides is 1. The van der Waals surface area contributed by atoms with Crippen LogP contribution in [0.2, 0.25) is 0 Å². The first-order chi connectivity index (χ1) is 12.7. The van der Waals surface area contributed by atoms with Crippen molar-refractivity contribution in [3.63, 3.8) is 0 Å². The monoisotopic (exact) mass is 351 g/mol. The number of nitrogens with one attached hydrogen (secondary N) is 1. The van der Waals surface area contributed by atoms with Crippen LogP contribution in [0.5, 0.6) is 0 Å². The van der Waals surface area contributed by atoms with Crippen LogP contribution in [0.15, 0.2) is 36.8 Å². The number of imidazole rings is 1. The number of likely N-dealkylation sites (tertiary alicyclic amines) is 1. The molecule has 1 fully saturated rings. The summed E-state index contributed by atoms with van der Waals surface area (Å²) in [5.41, 5.74) is 4.49. The Hall–Kier alpha value is -2.63. The smallest absolute Gasteiger partial charge is 0.245 e. The molecule has 3 aromatic rings. The van der Waals surface area contributed by atoms with Crippen LogP contribution in [-0.2, 0) is 11.2 Å². The minimum Gasteiger partial charge on any atom is -0.341 e. The standard InChI is InChI=1S/C20H25N5O/c1-3-15-12-22-23-19(15)16-8-10-24(11-9-16)20(26)14(2)25-13-21-17-6-4-5-7-18(17)25/h4-7,12-14,16H,3,8-11H2,1-2H3,(H,22,23)/t14-/m1/s1. The van der Waals surface area contributed by atoms with Crippen LogP contribution in [0, 0.1) is 0 Å². The van der Waals surface area contributed by atoms with Gasteiger partial charge >= 0.3 is 0 Å². The topological polar surface area (TPSA) is 66.8 Å². The number of aryl methyl sites for hydroxylation is 1. The van der Waals surface area contributed by atoms with Gasteiger partial charge in [0.2, 0.25) is 5.91 Å². The Balaban J connectivity index is 1.45. The van der Waals surface area contributed by atoms with Crippen LogP contribution >= 0.6 is 0 Å². The molecule has 0 unspecified atom stereocenters. The van der Waals surface area contributed by atoms with Gasteiger partial charge in [-0.25, -0.2) is 4.98 Å². The van der Waals surface area contributed by atoms with E-state index in [0.717, 1.165) is 43.4 Å². The molecule has 1 aromatic carbocycles. The summed E-state index contributed by atoms with van der Waals surface area (Å²) < 4.78 is 1.98. The summed E-state index contributed by atoms with van der Waals surface area (Å²) in [5, 5.41) is 7.37. The van der Waals surface area contributed by atoms with Crippen molar-refractivity contribution in [1.82, 2.24) is 24.6 Å². The molecule has 3 heterocycles. The second kappa shape index (κ2) is 6.94. The molecule has 1 amide bonds. The fraction of sp³-hybridized carbons (Fsp3) is 0.450. The van der Waals surface area contributed by atoms with Gasteiger partial charge < -0.3 is 9.47 Å². The zero-order valence-electron chi connectivity index (χ0n) is 15.4. The van der Waals surface area contributed by atoms with E-state index in [2.05, 4.69) is 22.1 Å². The Morgan fingerprint density at radius 3 is 2.85 bits per heavy atom. The highest BCUT2D eigenvalue weighted by molar-refractivity contribution is 5.83. The summed E-state index contributed by atoms with van der Waals surface area (Å²) in [6.45, 7) is 5.71. The zero-order chi connectivity index (χ0) is 18.1. The minimum atomic E-state index is -0.239. The molecule has 136 valence electrons. The van der Waals surface area contributed by atoms with E-state index in [1.807, 2.05) is 46.9 Å². The lowest BCUT2D eigenvalue weighted by Gasteiger charge is -2.33. The maximum Gasteiger partial charge on any atom is 0.245 e. The molecule has 0 aliphatic carbocycles. The first-order valence-corrected chi connectivity index (χ1v) is 9.41. The number of benzene rings is 1. The molecule has 2 aromatic heterocycles. The first kappa shape index (κ1) is 16.8. The van der Waals surface area contributed by atoms with Gasteiger partial charge in [-0.15, -0.1) is 0 Å². The minimum absolute atomic E-state index is 0.173. The molecular weight excluding hydrogens is 326 g/mol. The van der Waals surface area contributed by atoms with Crippen LogP contribution < -0.4 is 0 Å². The number of aromatic nitrogens is 4. The molecule has 0 spiro atoms. The lowest BCUT2D eigenvalue weighted by atomic mass is 9.90. The molecule has 0 bridgehead atoms. The van der Waals surface area contributed by atoms with Gasteiger partial charge in [-0.3, -0.25) is 9.89 Å². The van der Waals surface area contributed by atoms with E-state index in [1.54, 1.807) is 6.33 Å². The van der Waals surface area contributed by atoms with E-state index < -0.39 is 0 Å². The molecular formula is C20H25N5O. The molecule has 1 aliphatic rings. The molecule has 1 saturated heterocycles. The van der Waals surface area contributed by atoms with Crippen molar-refractivity contribution in [2.75, 3.05) is 13.1 Å². The number of rotatable bonds is 4. The number of aromatic amines is 1. The quantitative estimate of drug-likeness (QED) is 0.784. The highest BCUT2D eigenvalue weighted by atomic mass is 16.2. The first-order valence-electron chi connectivity index (χ1n) is 9.41. The SMILES string of the molecule is CCc1cn[nH]c1C1CCN(C(=O)[C@@H](C)n2cnc3ccccc32)CC1. The predicted octanol–water partition coefficient (Wildman–Crippen LogP) is 3.29. The van der Waals surface area contributed by atoms with Crippen molar-refractivity contribution < 1.29 is 4.79 Å². The zero-order valence-corrected chi connectivity index (χ0v) is 15.4. The summed E-state index contributed by atoms with van der Waals surface area (Å²) in [4.78, 5) is 19.4. The molecule has 1 aliphatic heterocycles. The number of carbonyl (C=O) groups excluding carboxylic acids is 1. The van der Waals surface area contributed by atoms with Crippen molar-refractivity contribution in [2.45, 2.75) is 45.1 Å². The Morgan fingerprint density at radius 1 is 1.31 bits per heavy atom. The lowest BCUT2D eigenvalue weighted by Crippen LogP contribution is -2.41. The van der Waals surface area contributed by atoms with Gasteiger partial charge in [0.25, 0.3) is 0 Å². The number of H-pyrrole nitrogens is 1. The summed E-state index contributed by atoms with van der Waals surface area (Å²) in [5.74, 6) is 0.646. The van der Waals surface area contributed by atoms with Gasteiger partial charge in [0.15, 0.2) is 0 Å². The van der Waals surface area contributed by atoms with Gasteiger partial charge in [-0.1, -0.05) is 19.1 Å². The van der Waals surface area contributed by atoms with Crippen LogP contribution in [0.25, 0.3) is 11.0 Å². The molecule has 1 atom stereocenters. The average molecular weight is 351 g/mol. The maximum atomic E-state index is 13.0. The third-order valence-corrected chi connectivity index (χ3v) is 5.60. The largest absolute Gasteiger partial charge is 0.341 e. The van der Waals surface area contributed by atoms with Crippen LogP contribution in [0.4, 0.5) is 0 Å². The van der Waals surface area contributed by atoms with Gasteiger partial charge in [-0.2, -0.15) is 5.10 Å². The van der Waals surface area contributed by atoms with Gasteiger partial charge in [-0.05, 0) is 43.9 Å². The van der Waals surface area contributed by atoms with E-state index in [1.165, 1.54) is 11.3 Å². The molecule has 6 heteroatoms. The third kappa shape index (κ3) is 2.89. The van der Waals surface area contributed by atoms with Crippen LogP contribution in [0.3, 0.4) is 0 Å². The number of piperidine rings is 1. The maximum absolute atomic E-state index is 13.0. The number of carbonyl (C=O) groups is 1. The second-order valence-electron chi connectivity index (χ2n) is 7.08. The molecule has 0 saturated carbocycles. The van der Waals surface area contributed by atoms with Crippen molar-refractivity contribution in [3.05, 3.63) is 48.0 Å². The van der Waals surface area contributed by atoms with Crippen molar-refractivity contribution in [3.8, 4) is 0 Å². The predicted molar refractivity (Wildman–Crippen MR) is 101 cm³/mol. The Kier molecular flexibility index (Phi) is 4.49. The lowest BCUT2D eigenvalue weighted by molar-refractivity contribution is -0.135. The number of hydrogen-bond acceptors (Lipinski definition) is 3. The number of nitrogens with zero attached hydrogens (tertiary/aromatic N) is 4. The van der Waals surface area contributed by atoms with Crippen molar-refractivity contribution >= 4 is 16.9 Å². The normalized spacial score (nSPS) is 16.9. The van der Waals surface area contributed by atoms with E-state index in [9.17, 15) is 4.79 Å². The summed E-state index contributed by atoms with van der Waals surface area (Å²) in [6, 6.07) is 7.71. The van der Waals surface area contributed by atoms with Crippen LogP contribution in [0.1, 0.15) is 49.9 Å². The Bertz CT molecular complexity index is 904. The highest BCUT2D eigenvalue weighted by Crippen LogP contribution is 2.30.